The second-order valence-corrected chi connectivity index (χ2v) is 9.60. The van der Waals surface area contributed by atoms with Crippen molar-refractivity contribution in [1.29, 1.82) is 0 Å². The predicted molar refractivity (Wildman–Crippen MR) is 144 cm³/mol. The highest BCUT2D eigenvalue weighted by Crippen LogP contribution is 2.41. The van der Waals surface area contributed by atoms with E-state index in [1.165, 1.54) is 37.0 Å². The molecule has 7 nitrogen and oxygen atoms in total. The number of hydrogen-bond acceptors (Lipinski definition) is 5. The van der Waals surface area contributed by atoms with Gasteiger partial charge in [0.1, 0.15) is 23.0 Å². The lowest BCUT2D eigenvalue weighted by atomic mass is 9.83. The summed E-state index contributed by atoms with van der Waals surface area (Å²) in [6.45, 7) is 4.58. The lowest BCUT2D eigenvalue weighted by Crippen LogP contribution is -2.22. The number of amides is 1. The first-order chi connectivity index (χ1) is 17.9. The van der Waals surface area contributed by atoms with Gasteiger partial charge in [-0.25, -0.2) is 0 Å². The van der Waals surface area contributed by atoms with Crippen molar-refractivity contribution >= 4 is 11.6 Å². The Bertz CT molecular complexity index is 1230. The van der Waals surface area contributed by atoms with Gasteiger partial charge in [-0.2, -0.15) is 0 Å². The maximum atomic E-state index is 11.7. The van der Waals surface area contributed by atoms with E-state index >= 15 is 0 Å². The number of carbonyl (C=O) groups excluding carboxylic acids is 1. The van der Waals surface area contributed by atoms with E-state index in [9.17, 15) is 14.9 Å². The Balaban J connectivity index is 1.52. The number of nitro benzene ring substituents is 1. The van der Waals surface area contributed by atoms with Gasteiger partial charge in [-0.1, -0.05) is 49.1 Å². The van der Waals surface area contributed by atoms with E-state index < -0.39 is 4.92 Å². The molecule has 1 N–H and O–H groups in total. The Morgan fingerprint density at radius 2 is 1.65 bits per heavy atom. The third kappa shape index (κ3) is 7.32. The minimum Gasteiger partial charge on any atom is -0.457 e. The SMILES string of the molecule is CCNC(=O)CCc1ccc(Oc2cc(Oc3ccc(C)cc3C3CCCCC3)cc([N+](=O)[O-])c2)cc1. The Morgan fingerprint density at radius 3 is 2.32 bits per heavy atom. The molecule has 1 aliphatic carbocycles. The molecule has 4 rings (SSSR count). The van der Waals surface area contributed by atoms with Gasteiger partial charge in [-0.15, -0.1) is 0 Å². The molecule has 0 atom stereocenters. The monoisotopic (exact) mass is 502 g/mol. The first-order valence-corrected chi connectivity index (χ1v) is 13.0. The molecule has 0 aromatic heterocycles. The van der Waals surface area contributed by atoms with Crippen LogP contribution in [0.15, 0.2) is 60.7 Å². The summed E-state index contributed by atoms with van der Waals surface area (Å²) in [5, 5.41) is 14.4. The summed E-state index contributed by atoms with van der Waals surface area (Å²) in [5.74, 6) is 2.43. The minimum atomic E-state index is -0.443. The van der Waals surface area contributed by atoms with Crippen molar-refractivity contribution in [2.24, 2.45) is 0 Å². The Morgan fingerprint density at radius 1 is 0.946 bits per heavy atom. The number of hydrogen-bond donors (Lipinski definition) is 1. The largest absolute Gasteiger partial charge is 0.457 e. The van der Waals surface area contributed by atoms with Gasteiger partial charge < -0.3 is 14.8 Å². The second kappa shape index (κ2) is 12.4. The maximum absolute atomic E-state index is 11.7. The number of rotatable bonds is 10. The molecule has 0 aliphatic heterocycles. The molecule has 37 heavy (non-hydrogen) atoms. The predicted octanol–water partition coefficient (Wildman–Crippen LogP) is 7.60. The topological polar surface area (TPSA) is 90.7 Å². The van der Waals surface area contributed by atoms with Crippen molar-refractivity contribution in [3.05, 3.63) is 87.5 Å². The van der Waals surface area contributed by atoms with Crippen LogP contribution >= 0.6 is 0 Å². The number of ether oxygens (including phenoxy) is 2. The number of nitro groups is 1. The number of non-ortho nitro benzene ring substituents is 1. The fourth-order valence-corrected chi connectivity index (χ4v) is 4.80. The van der Waals surface area contributed by atoms with E-state index in [0.29, 0.717) is 42.6 Å². The highest BCUT2D eigenvalue weighted by atomic mass is 16.6. The van der Waals surface area contributed by atoms with Crippen LogP contribution < -0.4 is 14.8 Å². The second-order valence-electron chi connectivity index (χ2n) is 9.60. The Hall–Kier alpha value is -3.87. The van der Waals surface area contributed by atoms with Crippen LogP contribution in [-0.4, -0.2) is 17.4 Å². The van der Waals surface area contributed by atoms with Gasteiger partial charge in [-0.05, 0) is 68.4 Å². The van der Waals surface area contributed by atoms with Crippen LogP contribution in [0.5, 0.6) is 23.0 Å². The number of carbonyl (C=O) groups is 1. The summed E-state index contributed by atoms with van der Waals surface area (Å²) in [5.41, 5.74) is 3.25. The quantitative estimate of drug-likeness (QED) is 0.228. The van der Waals surface area contributed by atoms with Crippen LogP contribution in [0, 0.1) is 17.0 Å². The summed E-state index contributed by atoms with van der Waals surface area (Å²) in [7, 11) is 0. The summed E-state index contributed by atoms with van der Waals surface area (Å²) in [6.07, 6.45) is 6.97. The van der Waals surface area contributed by atoms with E-state index in [0.717, 1.165) is 29.7 Å². The van der Waals surface area contributed by atoms with Crippen molar-refractivity contribution < 1.29 is 19.2 Å². The van der Waals surface area contributed by atoms with Crippen molar-refractivity contribution in [1.82, 2.24) is 5.32 Å². The van der Waals surface area contributed by atoms with Crippen molar-refractivity contribution in [2.75, 3.05) is 6.54 Å². The summed E-state index contributed by atoms with van der Waals surface area (Å²) in [6, 6.07) is 18.0. The zero-order valence-electron chi connectivity index (χ0n) is 21.5. The molecule has 1 aliphatic rings. The zero-order chi connectivity index (χ0) is 26.2. The molecule has 0 bridgehead atoms. The minimum absolute atomic E-state index is 0.0205. The van der Waals surface area contributed by atoms with Gasteiger partial charge in [0.15, 0.2) is 0 Å². The summed E-state index contributed by atoms with van der Waals surface area (Å²) < 4.78 is 12.2. The van der Waals surface area contributed by atoms with Gasteiger partial charge in [0, 0.05) is 19.0 Å². The zero-order valence-corrected chi connectivity index (χ0v) is 21.5. The molecular formula is C30H34N2O5. The number of benzene rings is 3. The average Bonchev–Trinajstić information content (AvgIpc) is 2.90. The third-order valence-electron chi connectivity index (χ3n) is 6.69. The molecule has 0 unspecified atom stereocenters. The highest BCUT2D eigenvalue weighted by Gasteiger charge is 2.21. The fraction of sp³-hybridized carbons (Fsp3) is 0.367. The molecule has 7 heteroatoms. The maximum Gasteiger partial charge on any atom is 0.276 e. The van der Waals surface area contributed by atoms with E-state index in [1.807, 2.05) is 31.2 Å². The molecule has 0 spiro atoms. The smallest absolute Gasteiger partial charge is 0.276 e. The molecular weight excluding hydrogens is 468 g/mol. The molecule has 3 aromatic carbocycles. The average molecular weight is 503 g/mol. The molecule has 0 heterocycles. The summed E-state index contributed by atoms with van der Waals surface area (Å²) in [4.78, 5) is 22.9. The van der Waals surface area contributed by atoms with Gasteiger partial charge >= 0.3 is 0 Å². The molecule has 3 aromatic rings. The van der Waals surface area contributed by atoms with Gasteiger partial charge in [0.05, 0.1) is 17.1 Å². The highest BCUT2D eigenvalue weighted by molar-refractivity contribution is 5.76. The van der Waals surface area contributed by atoms with Crippen LogP contribution in [0.2, 0.25) is 0 Å². The Kier molecular flexibility index (Phi) is 8.77. The van der Waals surface area contributed by atoms with Gasteiger partial charge in [0.25, 0.3) is 5.69 Å². The normalized spacial score (nSPS) is 13.7. The summed E-state index contributed by atoms with van der Waals surface area (Å²) >= 11 is 0. The van der Waals surface area contributed by atoms with Crippen LogP contribution in [0.3, 0.4) is 0 Å². The Labute approximate surface area is 218 Å². The van der Waals surface area contributed by atoms with Crippen molar-refractivity contribution in [2.45, 2.75) is 64.7 Å². The lowest BCUT2D eigenvalue weighted by Gasteiger charge is -2.24. The first kappa shape index (κ1) is 26.2. The van der Waals surface area contributed by atoms with Crippen LogP contribution in [0.25, 0.3) is 0 Å². The molecule has 194 valence electrons. The van der Waals surface area contributed by atoms with E-state index in [-0.39, 0.29) is 11.6 Å². The molecule has 1 amide bonds. The fourth-order valence-electron chi connectivity index (χ4n) is 4.80. The van der Waals surface area contributed by atoms with Gasteiger partial charge in [0.2, 0.25) is 5.91 Å². The van der Waals surface area contributed by atoms with Crippen LogP contribution in [-0.2, 0) is 11.2 Å². The molecule has 1 fully saturated rings. The number of nitrogens with zero attached hydrogens (tertiary/aromatic N) is 1. The number of aryl methyl sites for hydroxylation is 2. The standard InChI is InChI=1S/C30H34N2O5/c1-3-31-30(33)16-12-22-10-13-25(14-11-22)36-26-18-24(32(34)35)19-27(20-26)37-29-15-9-21(2)17-28(29)23-7-5-4-6-8-23/h9-11,13-15,17-20,23H,3-8,12,16H2,1-2H3,(H,31,33). The van der Waals surface area contributed by atoms with Crippen LogP contribution in [0.4, 0.5) is 5.69 Å². The van der Waals surface area contributed by atoms with E-state index in [4.69, 9.17) is 9.47 Å². The molecule has 0 radical (unpaired) electrons. The first-order valence-electron chi connectivity index (χ1n) is 13.0. The van der Waals surface area contributed by atoms with E-state index in [2.05, 4.69) is 18.3 Å². The van der Waals surface area contributed by atoms with Crippen molar-refractivity contribution in [3.8, 4) is 23.0 Å². The van der Waals surface area contributed by atoms with Crippen LogP contribution in [0.1, 0.15) is 68.1 Å². The third-order valence-corrected chi connectivity index (χ3v) is 6.69. The molecule has 0 saturated heterocycles. The molecule has 1 saturated carbocycles. The lowest BCUT2D eigenvalue weighted by molar-refractivity contribution is -0.385. The van der Waals surface area contributed by atoms with E-state index in [1.54, 1.807) is 18.2 Å². The van der Waals surface area contributed by atoms with Crippen molar-refractivity contribution in [3.63, 3.8) is 0 Å². The van der Waals surface area contributed by atoms with Gasteiger partial charge in [-0.3, -0.25) is 14.9 Å². The number of nitrogens with one attached hydrogen (secondary N) is 1.